The number of rotatable bonds is 6. The van der Waals surface area contributed by atoms with E-state index in [1.165, 1.54) is 24.1 Å². The average molecular weight is 302 g/mol. The van der Waals surface area contributed by atoms with E-state index in [2.05, 4.69) is 4.74 Å². The minimum absolute atomic E-state index is 0.0714. The Bertz CT molecular complexity index is 501. The van der Waals surface area contributed by atoms with Crippen LogP contribution in [0.2, 0.25) is 0 Å². The predicted molar refractivity (Wildman–Crippen MR) is 74.4 cm³/mol. The van der Waals surface area contributed by atoms with Gasteiger partial charge in [-0.05, 0) is 31.5 Å². The number of likely N-dealkylation sites (N-methyl/N-ethyl adjacent to an activating group) is 1. The van der Waals surface area contributed by atoms with E-state index in [0.717, 1.165) is 0 Å². The molecule has 0 aromatic heterocycles. The predicted octanol–water partition coefficient (Wildman–Crippen LogP) is 1.99. The molecule has 118 valence electrons. The fraction of sp³-hybridized carbons (Fsp3) is 0.500. The number of nitrogens with two attached hydrogens (primary N) is 1. The van der Waals surface area contributed by atoms with Gasteiger partial charge in [0.15, 0.2) is 11.5 Å². The zero-order valence-electron chi connectivity index (χ0n) is 12.5. The van der Waals surface area contributed by atoms with Crippen molar-refractivity contribution in [1.82, 2.24) is 4.90 Å². The molecule has 0 atom stereocenters. The summed E-state index contributed by atoms with van der Waals surface area (Å²) < 4.78 is 34.1. The molecular formula is C14H20F2N2O3. The van der Waals surface area contributed by atoms with E-state index in [9.17, 15) is 13.6 Å². The number of benzene rings is 1. The van der Waals surface area contributed by atoms with E-state index >= 15 is 0 Å². The van der Waals surface area contributed by atoms with Crippen molar-refractivity contribution in [2.75, 3.05) is 14.2 Å². The van der Waals surface area contributed by atoms with Crippen LogP contribution in [0.15, 0.2) is 18.2 Å². The lowest BCUT2D eigenvalue weighted by molar-refractivity contribution is -0.135. The molecule has 21 heavy (non-hydrogen) atoms. The first-order chi connectivity index (χ1) is 9.65. The third-order valence-electron chi connectivity index (χ3n) is 2.76. The fourth-order valence-electron chi connectivity index (χ4n) is 1.85. The van der Waals surface area contributed by atoms with Crippen molar-refractivity contribution in [3.63, 3.8) is 0 Å². The second-order valence-corrected chi connectivity index (χ2v) is 5.25. The number of carbonyl (C=O) groups is 1. The highest BCUT2D eigenvalue weighted by Gasteiger charge is 2.25. The number of ether oxygens (including phenoxy) is 2. The molecule has 0 radical (unpaired) electrons. The number of alkyl halides is 2. The van der Waals surface area contributed by atoms with Crippen LogP contribution in [0.1, 0.15) is 19.4 Å². The zero-order valence-corrected chi connectivity index (χ0v) is 12.5. The number of amides is 1. The molecule has 0 fully saturated rings. The number of halogens is 2. The molecule has 7 heteroatoms. The molecule has 1 rings (SSSR count). The van der Waals surface area contributed by atoms with Gasteiger partial charge in [0, 0.05) is 13.6 Å². The Kier molecular flexibility index (Phi) is 5.48. The number of nitrogens with zero attached hydrogens (tertiary/aromatic N) is 1. The highest BCUT2D eigenvalue weighted by atomic mass is 19.3. The van der Waals surface area contributed by atoms with Gasteiger partial charge in [0.25, 0.3) is 0 Å². The Morgan fingerprint density at radius 3 is 2.48 bits per heavy atom. The van der Waals surface area contributed by atoms with E-state index in [1.807, 2.05) is 0 Å². The van der Waals surface area contributed by atoms with Crippen molar-refractivity contribution in [3.05, 3.63) is 23.8 Å². The molecule has 2 N–H and O–H groups in total. The number of hydrogen-bond donors (Lipinski definition) is 1. The molecule has 0 heterocycles. The maximum Gasteiger partial charge on any atom is 0.387 e. The van der Waals surface area contributed by atoms with Gasteiger partial charge in [-0.1, -0.05) is 6.07 Å². The summed E-state index contributed by atoms with van der Waals surface area (Å²) in [6.45, 7) is 0.482. The highest BCUT2D eigenvalue weighted by molar-refractivity contribution is 5.84. The standard InChI is InChI=1S/C14H20F2N2O3/c1-14(2,17)12(19)18(3)8-9-5-6-10(20-4)11(7-9)21-13(15)16/h5-7,13H,8,17H2,1-4H3. The Morgan fingerprint density at radius 1 is 1.38 bits per heavy atom. The average Bonchev–Trinajstić information content (AvgIpc) is 2.36. The van der Waals surface area contributed by atoms with E-state index in [-0.39, 0.29) is 24.0 Å². The van der Waals surface area contributed by atoms with E-state index in [1.54, 1.807) is 27.0 Å². The first-order valence-electron chi connectivity index (χ1n) is 6.31. The summed E-state index contributed by atoms with van der Waals surface area (Å²) in [5.41, 5.74) is 5.37. The van der Waals surface area contributed by atoms with Crippen molar-refractivity contribution >= 4 is 5.91 Å². The van der Waals surface area contributed by atoms with Crippen LogP contribution in [0, 0.1) is 0 Å². The first kappa shape index (κ1) is 17.2. The smallest absolute Gasteiger partial charge is 0.387 e. The van der Waals surface area contributed by atoms with Gasteiger partial charge in [0.1, 0.15) is 0 Å². The van der Waals surface area contributed by atoms with Gasteiger partial charge >= 0.3 is 6.61 Å². The lowest BCUT2D eigenvalue weighted by Crippen LogP contribution is -2.49. The minimum Gasteiger partial charge on any atom is -0.493 e. The Hall–Kier alpha value is -1.89. The van der Waals surface area contributed by atoms with Crippen molar-refractivity contribution in [2.24, 2.45) is 5.73 Å². The van der Waals surface area contributed by atoms with E-state index < -0.39 is 12.2 Å². The summed E-state index contributed by atoms with van der Waals surface area (Å²) in [6, 6.07) is 4.60. The van der Waals surface area contributed by atoms with Crippen LogP contribution in [-0.4, -0.2) is 37.1 Å². The Morgan fingerprint density at radius 2 is 2.00 bits per heavy atom. The molecule has 0 saturated heterocycles. The minimum atomic E-state index is -2.95. The topological polar surface area (TPSA) is 64.8 Å². The fourth-order valence-corrected chi connectivity index (χ4v) is 1.85. The van der Waals surface area contributed by atoms with Gasteiger partial charge in [-0.2, -0.15) is 8.78 Å². The highest BCUT2D eigenvalue weighted by Crippen LogP contribution is 2.30. The number of hydrogen-bond acceptors (Lipinski definition) is 4. The van der Waals surface area contributed by atoms with Crippen LogP contribution < -0.4 is 15.2 Å². The number of methoxy groups -OCH3 is 1. The monoisotopic (exact) mass is 302 g/mol. The van der Waals surface area contributed by atoms with Crippen LogP contribution in [0.5, 0.6) is 11.5 Å². The van der Waals surface area contributed by atoms with Crippen LogP contribution in [-0.2, 0) is 11.3 Å². The summed E-state index contributed by atoms with van der Waals surface area (Å²) in [5, 5.41) is 0. The maximum absolute atomic E-state index is 12.4. The molecule has 0 aliphatic heterocycles. The third-order valence-corrected chi connectivity index (χ3v) is 2.76. The molecule has 0 aliphatic carbocycles. The zero-order chi connectivity index (χ0) is 16.2. The molecule has 1 aromatic rings. The van der Waals surface area contributed by atoms with Crippen molar-refractivity contribution in [1.29, 1.82) is 0 Å². The van der Waals surface area contributed by atoms with Crippen LogP contribution in [0.25, 0.3) is 0 Å². The van der Waals surface area contributed by atoms with Gasteiger partial charge in [-0.3, -0.25) is 4.79 Å². The van der Waals surface area contributed by atoms with Gasteiger partial charge in [0.2, 0.25) is 5.91 Å². The van der Waals surface area contributed by atoms with Gasteiger partial charge < -0.3 is 20.1 Å². The van der Waals surface area contributed by atoms with Gasteiger partial charge in [-0.15, -0.1) is 0 Å². The third kappa shape index (κ3) is 4.86. The van der Waals surface area contributed by atoms with E-state index in [0.29, 0.717) is 5.56 Å². The SMILES string of the molecule is COc1ccc(CN(C)C(=O)C(C)(C)N)cc1OC(F)F. The van der Waals surface area contributed by atoms with Crippen LogP contribution >= 0.6 is 0 Å². The van der Waals surface area contributed by atoms with Gasteiger partial charge in [-0.25, -0.2) is 0 Å². The van der Waals surface area contributed by atoms with Crippen molar-refractivity contribution in [3.8, 4) is 11.5 Å². The quantitative estimate of drug-likeness (QED) is 0.873. The maximum atomic E-state index is 12.4. The number of carbonyl (C=O) groups excluding carboxylic acids is 1. The van der Waals surface area contributed by atoms with Crippen molar-refractivity contribution < 1.29 is 23.0 Å². The summed E-state index contributed by atoms with van der Waals surface area (Å²) in [6.07, 6.45) is 0. The molecular weight excluding hydrogens is 282 g/mol. The molecule has 0 spiro atoms. The lowest BCUT2D eigenvalue weighted by Gasteiger charge is -2.26. The molecule has 0 unspecified atom stereocenters. The molecule has 1 aromatic carbocycles. The van der Waals surface area contributed by atoms with Crippen LogP contribution in [0.4, 0.5) is 8.78 Å². The second-order valence-electron chi connectivity index (χ2n) is 5.25. The van der Waals surface area contributed by atoms with Crippen molar-refractivity contribution in [2.45, 2.75) is 32.5 Å². The normalized spacial score (nSPS) is 11.4. The lowest BCUT2D eigenvalue weighted by atomic mass is 10.1. The molecule has 0 bridgehead atoms. The Labute approximate surface area is 122 Å². The second kappa shape index (κ2) is 6.71. The van der Waals surface area contributed by atoms with E-state index in [4.69, 9.17) is 10.5 Å². The van der Waals surface area contributed by atoms with Crippen LogP contribution in [0.3, 0.4) is 0 Å². The largest absolute Gasteiger partial charge is 0.493 e. The summed E-state index contributed by atoms with van der Waals surface area (Å²) in [5.74, 6) is -0.125. The molecule has 5 nitrogen and oxygen atoms in total. The molecule has 0 saturated carbocycles. The summed E-state index contributed by atoms with van der Waals surface area (Å²) in [7, 11) is 2.95. The van der Waals surface area contributed by atoms with Gasteiger partial charge in [0.05, 0.1) is 12.6 Å². The Balaban J connectivity index is 2.92. The first-order valence-corrected chi connectivity index (χ1v) is 6.31. The molecule has 0 aliphatic rings. The summed E-state index contributed by atoms with van der Waals surface area (Å²) in [4.78, 5) is 13.4. The molecule has 1 amide bonds. The summed E-state index contributed by atoms with van der Waals surface area (Å²) >= 11 is 0.